The molecule has 2 nitrogen and oxygen atoms in total. The van der Waals surface area contributed by atoms with Gasteiger partial charge in [0, 0.05) is 16.8 Å². The van der Waals surface area contributed by atoms with E-state index in [9.17, 15) is 0 Å². The van der Waals surface area contributed by atoms with Crippen molar-refractivity contribution < 1.29 is 0 Å². The summed E-state index contributed by atoms with van der Waals surface area (Å²) in [6, 6.07) is 18.9. The predicted molar refractivity (Wildman–Crippen MR) is 92.1 cm³/mol. The van der Waals surface area contributed by atoms with Crippen molar-refractivity contribution in [1.29, 1.82) is 0 Å². The molecule has 1 atom stereocenters. The van der Waals surface area contributed by atoms with Gasteiger partial charge in [-0.05, 0) is 29.7 Å². The number of rotatable bonds is 4. The molecule has 0 saturated carbocycles. The quantitative estimate of drug-likeness (QED) is 0.916. The van der Waals surface area contributed by atoms with Gasteiger partial charge in [-0.25, -0.2) is 0 Å². The van der Waals surface area contributed by atoms with Gasteiger partial charge in [-0.2, -0.15) is 0 Å². The first-order valence-electron chi connectivity index (χ1n) is 7.02. The van der Waals surface area contributed by atoms with Crippen molar-refractivity contribution in [3.63, 3.8) is 0 Å². The van der Waals surface area contributed by atoms with Crippen LogP contribution >= 0.6 is 23.4 Å². The standard InChI is InChI=1S/C17H17ClN2S/c18-15-8-6-14(7-9-15)11-19-17-20-16(12-21-17)10-13-4-2-1-3-5-13/h1-9,16H,10-12H2,(H,19,20). The van der Waals surface area contributed by atoms with Gasteiger partial charge in [-0.3, -0.25) is 4.99 Å². The first-order chi connectivity index (χ1) is 10.3. The number of benzene rings is 2. The molecule has 0 bridgehead atoms. The van der Waals surface area contributed by atoms with Crippen LogP contribution in [-0.4, -0.2) is 17.0 Å². The molecule has 0 amide bonds. The van der Waals surface area contributed by atoms with Crippen LogP contribution in [0.1, 0.15) is 11.1 Å². The minimum Gasteiger partial charge on any atom is -0.361 e. The fourth-order valence-corrected chi connectivity index (χ4v) is 3.38. The lowest BCUT2D eigenvalue weighted by Gasteiger charge is -2.09. The zero-order chi connectivity index (χ0) is 14.5. The Morgan fingerprint density at radius 2 is 1.81 bits per heavy atom. The molecule has 1 heterocycles. The highest BCUT2D eigenvalue weighted by Crippen LogP contribution is 2.18. The van der Waals surface area contributed by atoms with Gasteiger partial charge in [0.2, 0.25) is 0 Å². The fourth-order valence-electron chi connectivity index (χ4n) is 2.29. The summed E-state index contributed by atoms with van der Waals surface area (Å²) in [5.41, 5.74) is 2.55. The number of amidine groups is 1. The van der Waals surface area contributed by atoms with Crippen molar-refractivity contribution >= 4 is 28.5 Å². The molecule has 1 aliphatic heterocycles. The van der Waals surface area contributed by atoms with Crippen LogP contribution in [0.4, 0.5) is 0 Å². The summed E-state index contributed by atoms with van der Waals surface area (Å²) < 4.78 is 0. The summed E-state index contributed by atoms with van der Waals surface area (Å²) in [4.78, 5) is 4.64. The summed E-state index contributed by atoms with van der Waals surface area (Å²) in [5, 5.41) is 5.32. The van der Waals surface area contributed by atoms with Crippen molar-refractivity contribution in [2.24, 2.45) is 4.99 Å². The predicted octanol–water partition coefficient (Wildman–Crippen LogP) is 4.14. The molecule has 21 heavy (non-hydrogen) atoms. The maximum absolute atomic E-state index is 5.88. The van der Waals surface area contributed by atoms with Crippen LogP contribution in [0.25, 0.3) is 0 Å². The van der Waals surface area contributed by atoms with Crippen LogP contribution in [0.5, 0.6) is 0 Å². The van der Waals surface area contributed by atoms with Crippen LogP contribution in [0.3, 0.4) is 0 Å². The summed E-state index contributed by atoms with van der Waals surface area (Å²) in [5.74, 6) is 1.08. The lowest BCUT2D eigenvalue weighted by atomic mass is 10.1. The number of aliphatic imine (C=N–C) groups is 1. The van der Waals surface area contributed by atoms with E-state index >= 15 is 0 Å². The third kappa shape index (κ3) is 4.26. The maximum Gasteiger partial charge on any atom is 0.157 e. The maximum atomic E-state index is 5.88. The molecule has 0 radical (unpaired) electrons. The molecule has 2 aromatic carbocycles. The van der Waals surface area contributed by atoms with E-state index in [-0.39, 0.29) is 0 Å². The van der Waals surface area contributed by atoms with E-state index in [0.717, 1.165) is 22.4 Å². The third-order valence-corrected chi connectivity index (χ3v) is 4.73. The Hall–Kier alpha value is -1.45. The number of nitrogens with zero attached hydrogens (tertiary/aromatic N) is 1. The molecule has 3 rings (SSSR count). The molecule has 1 unspecified atom stereocenters. The minimum atomic E-state index is 0.473. The van der Waals surface area contributed by atoms with Gasteiger partial charge in [-0.1, -0.05) is 65.8 Å². The van der Waals surface area contributed by atoms with Crippen LogP contribution in [0.15, 0.2) is 59.6 Å². The molecule has 0 aliphatic carbocycles. The summed E-state index contributed by atoms with van der Waals surface area (Å²) in [6.45, 7) is 0.699. The number of hydrogen-bond donors (Lipinski definition) is 1. The van der Waals surface area contributed by atoms with Crippen LogP contribution in [0.2, 0.25) is 5.02 Å². The molecule has 4 heteroatoms. The molecular weight excluding hydrogens is 300 g/mol. The van der Waals surface area contributed by atoms with Gasteiger partial charge < -0.3 is 5.32 Å². The van der Waals surface area contributed by atoms with Crippen molar-refractivity contribution in [2.75, 3.05) is 5.75 Å². The minimum absolute atomic E-state index is 0.473. The smallest absolute Gasteiger partial charge is 0.157 e. The Labute approximate surface area is 134 Å². The van der Waals surface area contributed by atoms with Crippen molar-refractivity contribution in [1.82, 2.24) is 5.32 Å². The Morgan fingerprint density at radius 1 is 1.05 bits per heavy atom. The highest BCUT2D eigenvalue weighted by atomic mass is 35.5. The van der Waals surface area contributed by atoms with E-state index in [0.29, 0.717) is 12.6 Å². The second-order valence-corrected chi connectivity index (χ2v) is 6.53. The second-order valence-electron chi connectivity index (χ2n) is 5.09. The van der Waals surface area contributed by atoms with Crippen molar-refractivity contribution in [3.05, 3.63) is 70.7 Å². The van der Waals surface area contributed by atoms with E-state index in [1.54, 1.807) is 11.8 Å². The first-order valence-corrected chi connectivity index (χ1v) is 8.38. The fraction of sp³-hybridized carbons (Fsp3) is 0.235. The number of nitrogens with one attached hydrogen (secondary N) is 1. The Morgan fingerprint density at radius 3 is 2.57 bits per heavy atom. The van der Waals surface area contributed by atoms with E-state index < -0.39 is 0 Å². The lowest BCUT2D eigenvalue weighted by Crippen LogP contribution is -2.29. The molecule has 1 aliphatic rings. The molecular formula is C17H17ClN2S. The molecule has 0 spiro atoms. The van der Waals surface area contributed by atoms with Gasteiger partial charge in [0.25, 0.3) is 0 Å². The van der Waals surface area contributed by atoms with Gasteiger partial charge in [-0.15, -0.1) is 0 Å². The summed E-state index contributed by atoms with van der Waals surface area (Å²) in [6.07, 6.45) is 1.05. The number of halogens is 1. The zero-order valence-corrected chi connectivity index (χ0v) is 13.2. The molecule has 1 saturated heterocycles. The highest BCUT2D eigenvalue weighted by Gasteiger charge is 2.20. The van der Waals surface area contributed by atoms with E-state index in [4.69, 9.17) is 11.6 Å². The monoisotopic (exact) mass is 316 g/mol. The summed E-state index contributed by atoms with van der Waals surface area (Å²) >= 11 is 7.69. The van der Waals surface area contributed by atoms with Crippen LogP contribution in [0, 0.1) is 0 Å². The Bertz CT molecular complexity index is 610. The largest absolute Gasteiger partial charge is 0.361 e. The van der Waals surface area contributed by atoms with Crippen LogP contribution in [-0.2, 0) is 13.0 Å². The molecule has 1 fully saturated rings. The van der Waals surface area contributed by atoms with Crippen molar-refractivity contribution in [3.8, 4) is 0 Å². The molecule has 108 valence electrons. The summed E-state index contributed by atoms with van der Waals surface area (Å²) in [7, 11) is 0. The number of thioether (sulfide) groups is 1. The first kappa shape index (κ1) is 14.5. The molecule has 1 N–H and O–H groups in total. The van der Waals surface area contributed by atoms with Crippen LogP contribution < -0.4 is 5.32 Å². The lowest BCUT2D eigenvalue weighted by molar-refractivity contribution is 0.686. The van der Waals surface area contributed by atoms with Gasteiger partial charge >= 0.3 is 0 Å². The Balaban J connectivity index is 1.54. The highest BCUT2D eigenvalue weighted by molar-refractivity contribution is 8.14. The average Bonchev–Trinajstić information content (AvgIpc) is 2.95. The van der Waals surface area contributed by atoms with E-state index in [1.807, 2.05) is 24.3 Å². The van der Waals surface area contributed by atoms with Gasteiger partial charge in [0.15, 0.2) is 5.17 Å². The zero-order valence-electron chi connectivity index (χ0n) is 11.6. The van der Waals surface area contributed by atoms with E-state index in [2.05, 4.69) is 40.6 Å². The normalized spacial score (nSPS) is 19.7. The van der Waals surface area contributed by atoms with Gasteiger partial charge in [0.1, 0.15) is 0 Å². The second kappa shape index (κ2) is 7.01. The SMILES string of the molecule is Clc1ccc(CN=C2NC(Cc3ccccc3)CS2)cc1. The molecule has 0 aromatic heterocycles. The number of hydrogen-bond acceptors (Lipinski definition) is 2. The molecule has 2 aromatic rings. The van der Waals surface area contributed by atoms with Crippen molar-refractivity contribution in [2.45, 2.75) is 19.0 Å². The van der Waals surface area contributed by atoms with E-state index in [1.165, 1.54) is 11.1 Å². The Kier molecular flexibility index (Phi) is 4.84. The third-order valence-electron chi connectivity index (χ3n) is 3.39. The van der Waals surface area contributed by atoms with Gasteiger partial charge in [0.05, 0.1) is 6.54 Å². The average molecular weight is 317 g/mol. The topological polar surface area (TPSA) is 24.4 Å².